The maximum atomic E-state index is 4.49. The van der Waals surface area contributed by atoms with Crippen LogP contribution in [-0.2, 0) is 6.54 Å². The van der Waals surface area contributed by atoms with E-state index in [1.165, 1.54) is 48.5 Å². The second-order valence-corrected chi connectivity index (χ2v) is 7.77. The molecule has 3 rings (SSSR count). The van der Waals surface area contributed by atoms with E-state index in [1.54, 1.807) is 0 Å². The lowest BCUT2D eigenvalue weighted by molar-refractivity contribution is 0.168. The van der Waals surface area contributed by atoms with Crippen molar-refractivity contribution in [2.24, 2.45) is 4.99 Å². The van der Waals surface area contributed by atoms with Gasteiger partial charge in [-0.05, 0) is 51.4 Å². The average Bonchev–Trinajstić information content (AvgIpc) is 3.18. The van der Waals surface area contributed by atoms with Crippen LogP contribution in [0.25, 0.3) is 0 Å². The van der Waals surface area contributed by atoms with Crippen LogP contribution >= 0.6 is 35.3 Å². The largest absolute Gasteiger partial charge is 0.351 e. The van der Waals surface area contributed by atoms with Crippen molar-refractivity contribution in [3.05, 3.63) is 21.9 Å². The molecule has 1 N–H and O–H groups in total. The van der Waals surface area contributed by atoms with E-state index < -0.39 is 0 Å². The molecule has 0 aliphatic carbocycles. The van der Waals surface area contributed by atoms with Crippen LogP contribution in [0.2, 0.25) is 0 Å². The topological polar surface area (TPSA) is 30.9 Å². The van der Waals surface area contributed by atoms with Crippen molar-refractivity contribution in [1.29, 1.82) is 0 Å². The van der Waals surface area contributed by atoms with Crippen LogP contribution in [0.15, 0.2) is 17.1 Å². The molecule has 3 heterocycles. The van der Waals surface area contributed by atoms with Gasteiger partial charge in [0.2, 0.25) is 0 Å². The summed E-state index contributed by atoms with van der Waals surface area (Å²) in [6.07, 6.45) is 5.44. The number of piperidine rings is 1. The molecule has 0 spiro atoms. The molecule has 0 bridgehead atoms. The van der Waals surface area contributed by atoms with Gasteiger partial charge in [0.25, 0.3) is 0 Å². The van der Waals surface area contributed by atoms with E-state index in [2.05, 4.69) is 39.2 Å². The molecule has 4 nitrogen and oxygen atoms in total. The number of nitrogens with zero attached hydrogens (tertiary/aromatic N) is 3. The highest BCUT2D eigenvalue weighted by Gasteiger charge is 2.29. The van der Waals surface area contributed by atoms with Gasteiger partial charge in [-0.2, -0.15) is 0 Å². The Balaban J connectivity index is 0.00000192. The molecular formula is C17H29IN4S. The molecule has 23 heavy (non-hydrogen) atoms. The molecule has 0 radical (unpaired) electrons. The van der Waals surface area contributed by atoms with Crippen LogP contribution in [0.3, 0.4) is 0 Å². The Labute approximate surface area is 161 Å². The van der Waals surface area contributed by atoms with Gasteiger partial charge in [0, 0.05) is 35.9 Å². The van der Waals surface area contributed by atoms with Gasteiger partial charge in [-0.15, -0.1) is 35.3 Å². The number of likely N-dealkylation sites (tertiary alicyclic amines) is 2. The molecule has 6 heteroatoms. The molecule has 130 valence electrons. The summed E-state index contributed by atoms with van der Waals surface area (Å²) in [5.41, 5.74) is 0. The maximum Gasteiger partial charge on any atom is 0.193 e. The van der Waals surface area contributed by atoms with Gasteiger partial charge in [-0.1, -0.05) is 6.42 Å². The van der Waals surface area contributed by atoms with Crippen LogP contribution in [0.1, 0.15) is 35.4 Å². The lowest BCUT2D eigenvalue weighted by Crippen LogP contribution is -2.44. The zero-order valence-corrected chi connectivity index (χ0v) is 17.4. The fraction of sp³-hybridized carbons (Fsp3) is 0.706. The van der Waals surface area contributed by atoms with Crippen molar-refractivity contribution in [2.75, 3.05) is 33.2 Å². The molecule has 2 saturated heterocycles. The summed E-state index contributed by atoms with van der Waals surface area (Å²) in [5, 5.41) is 3.53. The summed E-state index contributed by atoms with van der Waals surface area (Å²) in [6, 6.07) is 5.12. The Morgan fingerprint density at radius 1 is 1.26 bits per heavy atom. The van der Waals surface area contributed by atoms with Gasteiger partial charge in [0.05, 0.1) is 6.54 Å². The molecule has 1 aromatic rings. The van der Waals surface area contributed by atoms with E-state index in [0.29, 0.717) is 0 Å². The summed E-state index contributed by atoms with van der Waals surface area (Å²) in [5.74, 6) is 1.06. The summed E-state index contributed by atoms with van der Waals surface area (Å²) in [7, 11) is 1.90. The zero-order valence-electron chi connectivity index (χ0n) is 14.3. The lowest BCUT2D eigenvalue weighted by atomic mass is 10.1. The first kappa shape index (κ1) is 19.0. The quantitative estimate of drug-likeness (QED) is 0.438. The molecule has 0 saturated carbocycles. The molecule has 1 unspecified atom stereocenters. The Bertz CT molecular complexity index is 510. The van der Waals surface area contributed by atoms with Gasteiger partial charge in [0.15, 0.2) is 5.96 Å². The smallest absolute Gasteiger partial charge is 0.193 e. The lowest BCUT2D eigenvalue weighted by Gasteiger charge is -2.32. The molecule has 1 atom stereocenters. The zero-order chi connectivity index (χ0) is 15.4. The number of thiophene rings is 1. The molecule has 1 aromatic heterocycles. The molecule has 0 aromatic carbocycles. The third kappa shape index (κ3) is 5.06. The number of aryl methyl sites for hydroxylation is 1. The van der Waals surface area contributed by atoms with Gasteiger partial charge < -0.3 is 10.2 Å². The first-order valence-corrected chi connectivity index (χ1v) is 9.33. The minimum Gasteiger partial charge on any atom is -0.351 e. The average molecular weight is 448 g/mol. The SMILES string of the molecule is CN=C(NCc1ccc(C)s1)N1CCC(N2CCCCC2)C1.I. The minimum absolute atomic E-state index is 0. The number of aliphatic imine (C=N–C) groups is 1. The van der Waals surface area contributed by atoms with Gasteiger partial charge in [0.1, 0.15) is 0 Å². The molecular weight excluding hydrogens is 419 g/mol. The van der Waals surface area contributed by atoms with E-state index in [1.807, 2.05) is 18.4 Å². The number of rotatable bonds is 3. The molecule has 2 aliphatic rings. The Hall–Kier alpha value is -0.340. The second kappa shape index (κ2) is 9.22. The molecule has 2 aliphatic heterocycles. The normalized spacial score (nSPS) is 23.0. The first-order valence-electron chi connectivity index (χ1n) is 8.51. The van der Waals surface area contributed by atoms with Crippen molar-refractivity contribution in [2.45, 2.75) is 45.2 Å². The summed E-state index contributed by atoms with van der Waals surface area (Å²) < 4.78 is 0. The fourth-order valence-electron chi connectivity index (χ4n) is 3.59. The van der Waals surface area contributed by atoms with Crippen LogP contribution in [0.5, 0.6) is 0 Å². The highest BCUT2D eigenvalue weighted by Crippen LogP contribution is 2.20. The van der Waals surface area contributed by atoms with E-state index >= 15 is 0 Å². The van der Waals surface area contributed by atoms with Crippen molar-refractivity contribution in [3.63, 3.8) is 0 Å². The number of hydrogen-bond donors (Lipinski definition) is 1. The highest BCUT2D eigenvalue weighted by molar-refractivity contribution is 14.0. The second-order valence-electron chi connectivity index (χ2n) is 6.40. The first-order chi connectivity index (χ1) is 10.8. The van der Waals surface area contributed by atoms with Crippen LogP contribution in [0, 0.1) is 6.92 Å². The number of hydrogen-bond acceptors (Lipinski definition) is 3. The van der Waals surface area contributed by atoms with Crippen molar-refractivity contribution in [1.82, 2.24) is 15.1 Å². The maximum absolute atomic E-state index is 4.49. The Kier molecular flexibility index (Phi) is 7.62. The van der Waals surface area contributed by atoms with Gasteiger partial charge in [-0.25, -0.2) is 0 Å². The van der Waals surface area contributed by atoms with E-state index in [9.17, 15) is 0 Å². The predicted octanol–water partition coefficient (Wildman–Crippen LogP) is 3.31. The third-order valence-corrected chi connectivity index (χ3v) is 5.80. The van der Waals surface area contributed by atoms with E-state index in [-0.39, 0.29) is 24.0 Å². The number of guanidine groups is 1. The molecule has 2 fully saturated rings. The van der Waals surface area contributed by atoms with Crippen LogP contribution < -0.4 is 5.32 Å². The van der Waals surface area contributed by atoms with Gasteiger partial charge >= 0.3 is 0 Å². The summed E-state index contributed by atoms with van der Waals surface area (Å²) in [6.45, 7) is 7.88. The highest BCUT2D eigenvalue weighted by atomic mass is 127. The summed E-state index contributed by atoms with van der Waals surface area (Å²) in [4.78, 5) is 12.4. The minimum atomic E-state index is 0. The monoisotopic (exact) mass is 448 g/mol. The fourth-order valence-corrected chi connectivity index (χ4v) is 4.42. The Morgan fingerprint density at radius 2 is 2.04 bits per heavy atom. The number of nitrogens with one attached hydrogen (secondary N) is 1. The third-order valence-electron chi connectivity index (χ3n) is 4.80. The number of halogens is 1. The van der Waals surface area contributed by atoms with E-state index in [0.717, 1.165) is 31.6 Å². The van der Waals surface area contributed by atoms with Crippen molar-refractivity contribution < 1.29 is 0 Å². The molecule has 0 amide bonds. The predicted molar refractivity (Wildman–Crippen MR) is 110 cm³/mol. The van der Waals surface area contributed by atoms with Crippen molar-refractivity contribution in [3.8, 4) is 0 Å². The summed E-state index contributed by atoms with van der Waals surface area (Å²) >= 11 is 1.86. The Morgan fingerprint density at radius 3 is 2.70 bits per heavy atom. The standard InChI is InChI=1S/C17H28N4S.HI/c1-14-6-7-16(22-14)12-19-17(18-2)21-11-8-15(13-21)20-9-4-3-5-10-20;/h6-7,15H,3-5,8-13H2,1-2H3,(H,18,19);1H. The van der Waals surface area contributed by atoms with Crippen LogP contribution in [-0.4, -0.2) is 55.0 Å². The van der Waals surface area contributed by atoms with E-state index in [4.69, 9.17) is 0 Å². The van der Waals surface area contributed by atoms with Crippen LogP contribution in [0.4, 0.5) is 0 Å². The van der Waals surface area contributed by atoms with Gasteiger partial charge in [-0.3, -0.25) is 9.89 Å². The van der Waals surface area contributed by atoms with Crippen molar-refractivity contribution >= 4 is 41.3 Å².